The summed E-state index contributed by atoms with van der Waals surface area (Å²) in [6, 6.07) is 8.03. The van der Waals surface area contributed by atoms with Crippen LogP contribution in [0.4, 0.5) is 5.13 Å². The molecule has 0 aliphatic carbocycles. The minimum absolute atomic E-state index is 0.663. The second-order valence-electron chi connectivity index (χ2n) is 3.19. The number of hydrogen-bond donors (Lipinski definition) is 1. The normalized spacial score (nSPS) is 12.9. The van der Waals surface area contributed by atoms with E-state index in [1.165, 1.54) is 4.70 Å². The third kappa shape index (κ3) is 2.76. The van der Waals surface area contributed by atoms with Crippen molar-refractivity contribution in [1.82, 2.24) is 4.98 Å². The Kier molecular flexibility index (Phi) is 3.33. The number of anilines is 1. The first-order valence-corrected chi connectivity index (χ1v) is 7.19. The molecular formula is C10H12N2OS2. The summed E-state index contributed by atoms with van der Waals surface area (Å²) in [5.41, 5.74) is 1.02. The summed E-state index contributed by atoms with van der Waals surface area (Å²) in [7, 11) is -0.743. The Morgan fingerprint density at radius 1 is 1.47 bits per heavy atom. The predicted octanol–water partition coefficient (Wildman–Crippen LogP) is 2.09. The Morgan fingerprint density at radius 3 is 3.00 bits per heavy atom. The van der Waals surface area contributed by atoms with E-state index in [0.717, 1.165) is 10.6 Å². The van der Waals surface area contributed by atoms with Gasteiger partial charge in [-0.15, -0.1) is 0 Å². The van der Waals surface area contributed by atoms with Crippen LogP contribution in [0.2, 0.25) is 0 Å². The van der Waals surface area contributed by atoms with E-state index >= 15 is 0 Å². The van der Waals surface area contributed by atoms with Crippen molar-refractivity contribution in [3.8, 4) is 0 Å². The number of nitrogens with zero attached hydrogens (tertiary/aromatic N) is 1. The van der Waals surface area contributed by atoms with Gasteiger partial charge in [0.25, 0.3) is 0 Å². The van der Waals surface area contributed by atoms with E-state index in [1.54, 1.807) is 17.6 Å². The molecule has 2 rings (SSSR count). The van der Waals surface area contributed by atoms with Gasteiger partial charge in [0.1, 0.15) is 0 Å². The highest BCUT2D eigenvalue weighted by atomic mass is 32.2. The van der Waals surface area contributed by atoms with Gasteiger partial charge >= 0.3 is 0 Å². The molecule has 1 atom stereocenters. The Bertz CT molecular complexity index is 448. The molecular weight excluding hydrogens is 228 g/mol. The van der Waals surface area contributed by atoms with Gasteiger partial charge in [0.05, 0.1) is 10.2 Å². The topological polar surface area (TPSA) is 42.0 Å². The number of fused-ring (bicyclic) bond motifs is 1. The molecule has 15 heavy (non-hydrogen) atoms. The molecule has 1 N–H and O–H groups in total. The molecule has 3 nitrogen and oxygen atoms in total. The fraction of sp³-hybridized carbons (Fsp3) is 0.300. The maximum Gasteiger partial charge on any atom is 0.183 e. The quantitative estimate of drug-likeness (QED) is 0.889. The molecule has 0 aliphatic heterocycles. The van der Waals surface area contributed by atoms with Gasteiger partial charge in [-0.1, -0.05) is 23.5 Å². The number of para-hydroxylation sites is 1. The zero-order valence-corrected chi connectivity index (χ0v) is 10.0. The predicted molar refractivity (Wildman–Crippen MR) is 67.0 cm³/mol. The molecule has 1 unspecified atom stereocenters. The van der Waals surface area contributed by atoms with Crippen molar-refractivity contribution >= 4 is 37.5 Å². The molecule has 1 aromatic heterocycles. The van der Waals surface area contributed by atoms with E-state index < -0.39 is 10.8 Å². The second-order valence-corrected chi connectivity index (χ2v) is 5.78. The van der Waals surface area contributed by atoms with Crippen LogP contribution in [0.25, 0.3) is 10.2 Å². The summed E-state index contributed by atoms with van der Waals surface area (Å²) < 4.78 is 12.0. The van der Waals surface area contributed by atoms with E-state index in [0.29, 0.717) is 12.3 Å². The molecule has 0 aliphatic rings. The van der Waals surface area contributed by atoms with Crippen LogP contribution in [0, 0.1) is 0 Å². The third-order valence-corrected chi connectivity index (χ3v) is 3.73. The number of hydrogen-bond acceptors (Lipinski definition) is 4. The van der Waals surface area contributed by atoms with E-state index in [1.807, 2.05) is 18.2 Å². The van der Waals surface area contributed by atoms with Crippen LogP contribution in [0.1, 0.15) is 0 Å². The Labute approximate surface area is 95.0 Å². The van der Waals surface area contributed by atoms with E-state index in [-0.39, 0.29) is 0 Å². The first-order valence-electron chi connectivity index (χ1n) is 4.65. The summed E-state index contributed by atoms with van der Waals surface area (Å²) in [6.07, 6.45) is 1.71. The Hall–Kier alpha value is -0.940. The number of thiazole rings is 1. The van der Waals surface area contributed by atoms with E-state index in [2.05, 4.69) is 16.4 Å². The summed E-state index contributed by atoms with van der Waals surface area (Å²) in [5, 5.41) is 4.08. The first kappa shape index (κ1) is 10.6. The van der Waals surface area contributed by atoms with Crippen LogP contribution < -0.4 is 5.32 Å². The molecule has 2 aromatic rings. The second kappa shape index (κ2) is 4.72. The molecule has 0 fully saturated rings. The minimum atomic E-state index is -0.743. The average Bonchev–Trinajstić information content (AvgIpc) is 2.59. The molecule has 0 bridgehead atoms. The van der Waals surface area contributed by atoms with Crippen molar-refractivity contribution in [3.63, 3.8) is 0 Å². The molecule has 80 valence electrons. The monoisotopic (exact) mass is 240 g/mol. The van der Waals surface area contributed by atoms with Gasteiger partial charge in [0.15, 0.2) is 5.13 Å². The van der Waals surface area contributed by atoms with Crippen LogP contribution in [-0.2, 0) is 10.8 Å². The molecule has 1 heterocycles. The molecule has 0 saturated heterocycles. The Balaban J connectivity index is 2.05. The Morgan fingerprint density at radius 2 is 2.27 bits per heavy atom. The lowest BCUT2D eigenvalue weighted by Gasteiger charge is -1.98. The number of benzene rings is 1. The smallest absolute Gasteiger partial charge is 0.183 e. The standard InChI is InChI=1S/C10H12N2OS2/c1-15(13)7-6-11-10-12-8-4-2-3-5-9(8)14-10/h2-5H,6-7H2,1H3,(H,11,12). The number of aromatic nitrogens is 1. The lowest BCUT2D eigenvalue weighted by atomic mass is 10.3. The van der Waals surface area contributed by atoms with Gasteiger partial charge in [0.2, 0.25) is 0 Å². The van der Waals surface area contributed by atoms with Crippen LogP contribution in [0.3, 0.4) is 0 Å². The van der Waals surface area contributed by atoms with Crippen LogP contribution in [-0.4, -0.2) is 27.7 Å². The molecule has 0 saturated carbocycles. The first-order chi connectivity index (χ1) is 7.25. The summed E-state index contributed by atoms with van der Waals surface area (Å²) in [6.45, 7) is 0.711. The summed E-state index contributed by atoms with van der Waals surface area (Å²) in [4.78, 5) is 4.42. The fourth-order valence-electron chi connectivity index (χ4n) is 1.25. The van der Waals surface area contributed by atoms with Gasteiger partial charge in [-0.25, -0.2) is 4.98 Å². The fourth-order valence-corrected chi connectivity index (χ4v) is 2.53. The molecule has 0 amide bonds. The minimum Gasteiger partial charge on any atom is -0.361 e. The zero-order valence-electron chi connectivity index (χ0n) is 8.40. The highest BCUT2D eigenvalue weighted by Gasteiger charge is 2.01. The zero-order chi connectivity index (χ0) is 10.7. The van der Waals surface area contributed by atoms with Crippen molar-refractivity contribution in [1.29, 1.82) is 0 Å². The van der Waals surface area contributed by atoms with E-state index in [4.69, 9.17) is 0 Å². The number of nitrogens with one attached hydrogen (secondary N) is 1. The average molecular weight is 240 g/mol. The van der Waals surface area contributed by atoms with Crippen LogP contribution in [0.15, 0.2) is 24.3 Å². The van der Waals surface area contributed by atoms with Crippen LogP contribution >= 0.6 is 11.3 Å². The molecule has 5 heteroatoms. The van der Waals surface area contributed by atoms with Crippen molar-refractivity contribution in [2.45, 2.75) is 0 Å². The lowest BCUT2D eigenvalue weighted by molar-refractivity contribution is 0.687. The van der Waals surface area contributed by atoms with Gasteiger partial charge in [-0.3, -0.25) is 4.21 Å². The summed E-state index contributed by atoms with van der Waals surface area (Å²) >= 11 is 1.63. The highest BCUT2D eigenvalue weighted by molar-refractivity contribution is 7.84. The largest absolute Gasteiger partial charge is 0.361 e. The van der Waals surface area contributed by atoms with Crippen molar-refractivity contribution in [2.24, 2.45) is 0 Å². The van der Waals surface area contributed by atoms with Gasteiger partial charge in [0, 0.05) is 29.4 Å². The van der Waals surface area contributed by atoms with Crippen molar-refractivity contribution in [3.05, 3.63) is 24.3 Å². The lowest BCUT2D eigenvalue weighted by Crippen LogP contribution is -2.09. The maximum absolute atomic E-state index is 10.9. The van der Waals surface area contributed by atoms with Gasteiger partial charge in [-0.05, 0) is 12.1 Å². The molecule has 0 radical (unpaired) electrons. The van der Waals surface area contributed by atoms with Crippen molar-refractivity contribution < 1.29 is 4.21 Å². The third-order valence-electron chi connectivity index (χ3n) is 1.96. The summed E-state index contributed by atoms with van der Waals surface area (Å²) in [5.74, 6) is 0.663. The van der Waals surface area contributed by atoms with E-state index in [9.17, 15) is 4.21 Å². The number of rotatable bonds is 4. The van der Waals surface area contributed by atoms with Crippen LogP contribution in [0.5, 0.6) is 0 Å². The van der Waals surface area contributed by atoms with Gasteiger partial charge < -0.3 is 5.32 Å². The molecule has 0 spiro atoms. The SMILES string of the molecule is CS(=O)CCNc1nc2ccccc2s1. The van der Waals surface area contributed by atoms with Crippen molar-refractivity contribution in [2.75, 3.05) is 23.9 Å². The molecule has 1 aromatic carbocycles. The maximum atomic E-state index is 10.9. The van der Waals surface area contributed by atoms with Gasteiger partial charge in [-0.2, -0.15) is 0 Å². The highest BCUT2D eigenvalue weighted by Crippen LogP contribution is 2.24.